The first kappa shape index (κ1) is 12.8. The monoisotopic (exact) mass is 272 g/mol. The molecule has 0 fully saturated rings. The number of nitrogens with zero attached hydrogens (tertiary/aromatic N) is 4. The quantitative estimate of drug-likeness (QED) is 0.797. The van der Waals surface area contributed by atoms with Crippen molar-refractivity contribution in [1.29, 1.82) is 0 Å². The van der Waals surface area contributed by atoms with Crippen molar-refractivity contribution in [2.75, 3.05) is 6.61 Å². The van der Waals surface area contributed by atoms with Crippen LogP contribution in [0.1, 0.15) is 38.0 Å². The van der Waals surface area contributed by atoms with Crippen molar-refractivity contribution >= 4 is 0 Å². The van der Waals surface area contributed by atoms with Gasteiger partial charge in [-0.25, -0.2) is 9.97 Å². The van der Waals surface area contributed by atoms with Crippen molar-refractivity contribution in [1.82, 2.24) is 20.1 Å². The lowest BCUT2D eigenvalue weighted by atomic mass is 9.94. The molecule has 0 spiro atoms. The number of hydrogen-bond acceptors (Lipinski definition) is 6. The molecule has 2 aromatic rings. The Morgan fingerprint density at radius 1 is 1.30 bits per heavy atom. The molecule has 0 saturated carbocycles. The standard InChI is InChI=1S/C14H16N4O2/c1-2-19-12-9-15-11(8-16-12)13-17-14(20-18-13)10-6-4-3-5-7-10/h3-4,8-10H,2,5-7H2,1H3. The van der Waals surface area contributed by atoms with Gasteiger partial charge in [-0.3, -0.25) is 0 Å². The highest BCUT2D eigenvalue weighted by Crippen LogP contribution is 2.28. The number of rotatable bonds is 4. The van der Waals surface area contributed by atoms with Gasteiger partial charge >= 0.3 is 0 Å². The highest BCUT2D eigenvalue weighted by molar-refractivity contribution is 5.46. The van der Waals surface area contributed by atoms with Crippen LogP contribution < -0.4 is 4.74 Å². The molecule has 6 nitrogen and oxygen atoms in total. The first-order valence-corrected chi connectivity index (χ1v) is 6.80. The van der Waals surface area contributed by atoms with E-state index in [9.17, 15) is 0 Å². The zero-order valence-corrected chi connectivity index (χ0v) is 11.3. The molecule has 20 heavy (non-hydrogen) atoms. The van der Waals surface area contributed by atoms with Crippen molar-refractivity contribution in [3.8, 4) is 17.4 Å². The lowest BCUT2D eigenvalue weighted by Crippen LogP contribution is -2.01. The van der Waals surface area contributed by atoms with Gasteiger partial charge in [-0.1, -0.05) is 17.3 Å². The van der Waals surface area contributed by atoms with Crippen molar-refractivity contribution in [3.63, 3.8) is 0 Å². The van der Waals surface area contributed by atoms with E-state index in [1.807, 2.05) is 6.92 Å². The number of allylic oxidation sites excluding steroid dienone is 2. The molecule has 2 aromatic heterocycles. The van der Waals surface area contributed by atoms with Crippen LogP contribution in [0.4, 0.5) is 0 Å². The predicted octanol–water partition coefficient (Wildman–Crippen LogP) is 2.75. The van der Waals surface area contributed by atoms with Gasteiger partial charge in [-0.05, 0) is 26.2 Å². The molecule has 0 aliphatic heterocycles. The summed E-state index contributed by atoms with van der Waals surface area (Å²) < 4.78 is 10.6. The summed E-state index contributed by atoms with van der Waals surface area (Å²) in [5.41, 5.74) is 0.592. The Hall–Kier alpha value is -2.24. The third-order valence-electron chi connectivity index (χ3n) is 3.21. The third-order valence-corrected chi connectivity index (χ3v) is 3.21. The molecule has 0 radical (unpaired) electrons. The van der Waals surface area contributed by atoms with Crippen LogP contribution in [0, 0.1) is 0 Å². The highest BCUT2D eigenvalue weighted by atomic mass is 16.5. The van der Waals surface area contributed by atoms with Crippen LogP contribution >= 0.6 is 0 Å². The Labute approximate surface area is 116 Å². The first-order chi connectivity index (χ1) is 9.86. The lowest BCUT2D eigenvalue weighted by molar-refractivity contribution is 0.325. The van der Waals surface area contributed by atoms with Crippen molar-refractivity contribution < 1.29 is 9.26 Å². The van der Waals surface area contributed by atoms with Gasteiger partial charge in [-0.15, -0.1) is 0 Å². The van der Waals surface area contributed by atoms with Crippen LogP contribution in [0.5, 0.6) is 5.88 Å². The van der Waals surface area contributed by atoms with Gasteiger partial charge in [0.2, 0.25) is 17.6 Å². The minimum Gasteiger partial charge on any atom is -0.477 e. The second-order valence-electron chi connectivity index (χ2n) is 4.61. The summed E-state index contributed by atoms with van der Waals surface area (Å²) in [6.45, 7) is 2.47. The topological polar surface area (TPSA) is 73.9 Å². The summed E-state index contributed by atoms with van der Waals surface area (Å²) in [6, 6.07) is 0. The van der Waals surface area contributed by atoms with E-state index in [0.717, 1.165) is 19.3 Å². The molecule has 104 valence electrons. The van der Waals surface area contributed by atoms with Crippen molar-refractivity contribution in [3.05, 3.63) is 30.4 Å². The zero-order valence-electron chi connectivity index (χ0n) is 11.3. The molecule has 0 saturated heterocycles. The average Bonchev–Trinajstić information content (AvgIpc) is 2.99. The third kappa shape index (κ3) is 2.68. The molecule has 1 atom stereocenters. The molecule has 0 amide bonds. The van der Waals surface area contributed by atoms with E-state index in [1.165, 1.54) is 0 Å². The zero-order chi connectivity index (χ0) is 13.8. The van der Waals surface area contributed by atoms with Crippen LogP contribution in [0.3, 0.4) is 0 Å². The Kier molecular flexibility index (Phi) is 3.71. The largest absolute Gasteiger partial charge is 0.477 e. The van der Waals surface area contributed by atoms with E-state index in [1.54, 1.807) is 12.4 Å². The maximum atomic E-state index is 5.34. The molecule has 0 aromatic carbocycles. The lowest BCUT2D eigenvalue weighted by Gasteiger charge is -2.12. The fourth-order valence-corrected chi connectivity index (χ4v) is 2.18. The second-order valence-corrected chi connectivity index (χ2v) is 4.61. The van der Waals surface area contributed by atoms with E-state index < -0.39 is 0 Å². The van der Waals surface area contributed by atoms with Gasteiger partial charge in [-0.2, -0.15) is 4.98 Å². The predicted molar refractivity (Wildman–Crippen MR) is 72.2 cm³/mol. The molecule has 6 heteroatoms. The summed E-state index contributed by atoms with van der Waals surface area (Å²) in [6.07, 6.45) is 10.6. The second kappa shape index (κ2) is 5.81. The van der Waals surface area contributed by atoms with E-state index in [-0.39, 0.29) is 0 Å². The highest BCUT2D eigenvalue weighted by Gasteiger charge is 2.20. The summed E-state index contributed by atoms with van der Waals surface area (Å²) in [7, 11) is 0. The molecule has 2 heterocycles. The fraction of sp³-hybridized carbons (Fsp3) is 0.429. The van der Waals surface area contributed by atoms with E-state index in [4.69, 9.17) is 9.26 Å². The molecule has 1 aliphatic rings. The molecule has 1 unspecified atom stereocenters. The first-order valence-electron chi connectivity index (χ1n) is 6.80. The summed E-state index contributed by atoms with van der Waals surface area (Å²) >= 11 is 0. The normalized spacial score (nSPS) is 18.1. The van der Waals surface area contributed by atoms with Gasteiger partial charge < -0.3 is 9.26 Å². The van der Waals surface area contributed by atoms with Gasteiger partial charge in [0.25, 0.3) is 0 Å². The van der Waals surface area contributed by atoms with E-state index >= 15 is 0 Å². The summed E-state index contributed by atoms with van der Waals surface area (Å²) in [5.74, 6) is 1.97. The van der Waals surface area contributed by atoms with Crippen LogP contribution in [0.2, 0.25) is 0 Å². The molecule has 0 N–H and O–H groups in total. The number of ether oxygens (including phenoxy) is 1. The molecule has 0 bridgehead atoms. The number of aromatic nitrogens is 4. The molecular formula is C14H16N4O2. The Morgan fingerprint density at radius 2 is 2.25 bits per heavy atom. The van der Waals surface area contributed by atoms with Crippen LogP contribution in [-0.4, -0.2) is 26.7 Å². The maximum Gasteiger partial charge on any atom is 0.232 e. The van der Waals surface area contributed by atoms with Gasteiger partial charge in [0.15, 0.2) is 0 Å². The Bertz CT molecular complexity index is 591. The van der Waals surface area contributed by atoms with Gasteiger partial charge in [0.1, 0.15) is 5.69 Å². The molecular weight excluding hydrogens is 256 g/mol. The molecule has 3 rings (SSSR count). The van der Waals surface area contributed by atoms with Crippen LogP contribution in [0.25, 0.3) is 11.5 Å². The van der Waals surface area contributed by atoms with Crippen molar-refractivity contribution in [2.45, 2.75) is 32.1 Å². The Morgan fingerprint density at radius 3 is 2.95 bits per heavy atom. The fourth-order valence-electron chi connectivity index (χ4n) is 2.18. The summed E-state index contributed by atoms with van der Waals surface area (Å²) in [4.78, 5) is 12.8. The molecule has 1 aliphatic carbocycles. The van der Waals surface area contributed by atoms with Crippen LogP contribution in [-0.2, 0) is 0 Å². The van der Waals surface area contributed by atoms with E-state index in [0.29, 0.717) is 35.8 Å². The SMILES string of the molecule is CCOc1cnc(-c2noc(C3CC=CCC3)n2)cn1. The maximum absolute atomic E-state index is 5.34. The van der Waals surface area contributed by atoms with E-state index in [2.05, 4.69) is 32.3 Å². The van der Waals surface area contributed by atoms with Gasteiger partial charge in [0, 0.05) is 5.92 Å². The smallest absolute Gasteiger partial charge is 0.232 e. The average molecular weight is 272 g/mol. The number of hydrogen-bond donors (Lipinski definition) is 0. The Balaban J connectivity index is 1.77. The van der Waals surface area contributed by atoms with Crippen LogP contribution in [0.15, 0.2) is 29.1 Å². The van der Waals surface area contributed by atoms with Crippen molar-refractivity contribution in [2.24, 2.45) is 0 Å². The summed E-state index contributed by atoms with van der Waals surface area (Å²) in [5, 5.41) is 3.98. The minimum atomic E-state index is 0.317. The minimum absolute atomic E-state index is 0.317. The van der Waals surface area contributed by atoms with Gasteiger partial charge in [0.05, 0.1) is 19.0 Å².